The molecule has 0 bridgehead atoms. The molecule has 0 aliphatic carbocycles. The van der Waals surface area contributed by atoms with Gasteiger partial charge < -0.3 is 19.9 Å². The summed E-state index contributed by atoms with van der Waals surface area (Å²) < 4.78 is 5.32. The van der Waals surface area contributed by atoms with E-state index in [4.69, 9.17) is 4.74 Å². The predicted molar refractivity (Wildman–Crippen MR) is 113 cm³/mol. The fourth-order valence-corrected chi connectivity index (χ4v) is 4.39. The maximum atomic E-state index is 12.5. The second kappa shape index (κ2) is 8.67. The van der Waals surface area contributed by atoms with Crippen molar-refractivity contribution in [3.63, 3.8) is 0 Å². The van der Waals surface area contributed by atoms with Gasteiger partial charge in [-0.3, -0.25) is 4.90 Å². The first-order chi connectivity index (χ1) is 13.7. The fourth-order valence-electron chi connectivity index (χ4n) is 3.64. The molecule has 0 atom stereocenters. The lowest BCUT2D eigenvalue weighted by Gasteiger charge is -2.34. The normalized spacial score (nSPS) is 15.1. The second-order valence-corrected chi connectivity index (χ2v) is 8.08. The Balaban J connectivity index is 1.24. The van der Waals surface area contributed by atoms with Gasteiger partial charge in [0.25, 0.3) is 0 Å². The summed E-state index contributed by atoms with van der Waals surface area (Å²) in [5, 5.41) is 6.33. The minimum Gasteiger partial charge on any atom is -0.497 e. The molecule has 1 aliphatic rings. The van der Waals surface area contributed by atoms with Crippen LogP contribution >= 0.6 is 11.3 Å². The molecule has 7 heteroatoms. The Morgan fingerprint density at radius 1 is 1.25 bits per heavy atom. The fraction of sp³-hybridized carbons (Fsp3) is 0.381. The standard InChI is InChI=1S/C21H26N4O2S/c1-27-17-4-5-20-19(13-17)16(14-23-20)6-7-22-21(26)25-10-8-24(9-11-25)15-18-3-2-12-28-18/h2-5,12-14,23H,6-11,15H2,1H3,(H,22,26). The minimum absolute atomic E-state index is 0.0354. The maximum absolute atomic E-state index is 12.5. The molecule has 0 unspecified atom stereocenters. The van der Waals surface area contributed by atoms with Gasteiger partial charge in [0.2, 0.25) is 0 Å². The quantitative estimate of drug-likeness (QED) is 0.670. The van der Waals surface area contributed by atoms with E-state index in [0.717, 1.165) is 55.8 Å². The number of thiophene rings is 1. The number of benzene rings is 1. The van der Waals surface area contributed by atoms with Crippen LogP contribution in [0, 0.1) is 0 Å². The third-order valence-electron chi connectivity index (χ3n) is 5.26. The molecule has 6 nitrogen and oxygen atoms in total. The number of methoxy groups -OCH3 is 1. The topological polar surface area (TPSA) is 60.6 Å². The molecule has 2 N–H and O–H groups in total. The Morgan fingerprint density at radius 2 is 2.11 bits per heavy atom. The van der Waals surface area contributed by atoms with E-state index in [1.807, 2.05) is 29.3 Å². The minimum atomic E-state index is 0.0354. The van der Waals surface area contributed by atoms with Crippen LogP contribution in [0.25, 0.3) is 10.9 Å². The molecule has 3 heterocycles. The molecule has 1 fully saturated rings. The van der Waals surface area contributed by atoms with Crippen molar-refractivity contribution in [2.24, 2.45) is 0 Å². The number of nitrogens with zero attached hydrogens (tertiary/aromatic N) is 2. The van der Waals surface area contributed by atoms with Gasteiger partial charge in [0, 0.05) is 61.2 Å². The number of aromatic nitrogens is 1. The average molecular weight is 399 g/mol. The van der Waals surface area contributed by atoms with E-state index in [9.17, 15) is 4.79 Å². The molecule has 4 rings (SSSR count). The highest BCUT2D eigenvalue weighted by molar-refractivity contribution is 7.09. The first-order valence-corrected chi connectivity index (χ1v) is 10.5. The number of ether oxygens (including phenoxy) is 1. The number of aromatic amines is 1. The number of amides is 2. The highest BCUT2D eigenvalue weighted by Gasteiger charge is 2.21. The van der Waals surface area contributed by atoms with Crippen LogP contribution in [-0.2, 0) is 13.0 Å². The maximum Gasteiger partial charge on any atom is 0.317 e. The molecule has 2 aromatic heterocycles. The molecular weight excluding hydrogens is 372 g/mol. The van der Waals surface area contributed by atoms with Crippen molar-refractivity contribution in [1.29, 1.82) is 0 Å². The zero-order chi connectivity index (χ0) is 19.3. The zero-order valence-corrected chi connectivity index (χ0v) is 16.9. The molecule has 148 valence electrons. The number of nitrogens with one attached hydrogen (secondary N) is 2. The third-order valence-corrected chi connectivity index (χ3v) is 6.13. The van der Waals surface area contributed by atoms with Gasteiger partial charge in [0.05, 0.1) is 7.11 Å². The van der Waals surface area contributed by atoms with Gasteiger partial charge in [-0.05, 0) is 41.6 Å². The number of piperazine rings is 1. The van der Waals surface area contributed by atoms with Crippen LogP contribution in [0.4, 0.5) is 4.79 Å². The zero-order valence-electron chi connectivity index (χ0n) is 16.1. The Morgan fingerprint density at radius 3 is 2.86 bits per heavy atom. The Hall–Kier alpha value is -2.51. The molecule has 0 saturated carbocycles. The van der Waals surface area contributed by atoms with E-state index in [2.05, 4.69) is 32.7 Å². The highest BCUT2D eigenvalue weighted by atomic mass is 32.1. The lowest BCUT2D eigenvalue weighted by Crippen LogP contribution is -2.51. The van der Waals surface area contributed by atoms with Gasteiger partial charge >= 0.3 is 6.03 Å². The van der Waals surface area contributed by atoms with Gasteiger partial charge in [-0.2, -0.15) is 0 Å². The van der Waals surface area contributed by atoms with Crippen molar-refractivity contribution in [1.82, 2.24) is 20.1 Å². The van der Waals surface area contributed by atoms with E-state index >= 15 is 0 Å². The van der Waals surface area contributed by atoms with Crippen molar-refractivity contribution in [2.75, 3.05) is 39.8 Å². The van der Waals surface area contributed by atoms with E-state index < -0.39 is 0 Å². The average Bonchev–Trinajstić information content (AvgIpc) is 3.38. The van der Waals surface area contributed by atoms with Crippen LogP contribution in [0.15, 0.2) is 41.9 Å². The summed E-state index contributed by atoms with van der Waals surface area (Å²) >= 11 is 1.79. The molecular formula is C21H26N4O2S. The molecule has 28 heavy (non-hydrogen) atoms. The smallest absolute Gasteiger partial charge is 0.317 e. The van der Waals surface area contributed by atoms with Crippen LogP contribution in [0.3, 0.4) is 0 Å². The van der Waals surface area contributed by atoms with Crippen LogP contribution in [0.1, 0.15) is 10.4 Å². The van der Waals surface area contributed by atoms with Crippen molar-refractivity contribution < 1.29 is 9.53 Å². The van der Waals surface area contributed by atoms with Crippen molar-refractivity contribution in [2.45, 2.75) is 13.0 Å². The number of carbonyl (C=O) groups excluding carboxylic acids is 1. The first kappa shape index (κ1) is 18.8. The van der Waals surface area contributed by atoms with Gasteiger partial charge in [-0.1, -0.05) is 6.07 Å². The van der Waals surface area contributed by atoms with E-state index in [1.54, 1.807) is 18.4 Å². The number of carbonyl (C=O) groups is 1. The van der Waals surface area contributed by atoms with Crippen molar-refractivity contribution >= 4 is 28.3 Å². The second-order valence-electron chi connectivity index (χ2n) is 7.05. The number of rotatable bonds is 6. The van der Waals surface area contributed by atoms with Crippen LogP contribution < -0.4 is 10.1 Å². The van der Waals surface area contributed by atoms with Gasteiger partial charge in [0.15, 0.2) is 0 Å². The SMILES string of the molecule is COc1ccc2[nH]cc(CCNC(=O)N3CCN(Cc4cccs4)CC3)c2c1. The van der Waals surface area contributed by atoms with Crippen molar-refractivity contribution in [3.8, 4) is 5.75 Å². The van der Waals surface area contributed by atoms with E-state index in [0.29, 0.717) is 6.54 Å². The third kappa shape index (κ3) is 4.31. The summed E-state index contributed by atoms with van der Waals surface area (Å²) in [7, 11) is 1.67. The number of urea groups is 1. The Bertz CT molecular complexity index is 914. The summed E-state index contributed by atoms with van der Waals surface area (Å²) in [6.45, 7) is 5.01. The van der Waals surface area contributed by atoms with Crippen LogP contribution in [0.2, 0.25) is 0 Å². The predicted octanol–water partition coefficient (Wildman–Crippen LogP) is 3.31. The lowest BCUT2D eigenvalue weighted by atomic mass is 10.1. The van der Waals surface area contributed by atoms with Crippen LogP contribution in [0.5, 0.6) is 5.75 Å². The Kier molecular flexibility index (Phi) is 5.83. The van der Waals surface area contributed by atoms with E-state index in [-0.39, 0.29) is 6.03 Å². The first-order valence-electron chi connectivity index (χ1n) is 9.64. The summed E-state index contributed by atoms with van der Waals surface area (Å²) in [4.78, 5) is 21.5. The Labute approximate surface area is 169 Å². The molecule has 3 aromatic rings. The summed E-state index contributed by atoms with van der Waals surface area (Å²) in [5.41, 5.74) is 2.28. The number of hydrogen-bond acceptors (Lipinski definition) is 4. The summed E-state index contributed by atoms with van der Waals surface area (Å²) in [6, 6.07) is 10.3. The highest BCUT2D eigenvalue weighted by Crippen LogP contribution is 2.23. The van der Waals surface area contributed by atoms with Gasteiger partial charge in [-0.25, -0.2) is 4.79 Å². The molecule has 1 aromatic carbocycles. The van der Waals surface area contributed by atoms with Gasteiger partial charge in [0.1, 0.15) is 5.75 Å². The van der Waals surface area contributed by atoms with E-state index in [1.165, 1.54) is 10.4 Å². The lowest BCUT2D eigenvalue weighted by molar-refractivity contribution is 0.136. The number of fused-ring (bicyclic) bond motifs is 1. The summed E-state index contributed by atoms with van der Waals surface area (Å²) in [5.74, 6) is 0.845. The molecule has 2 amide bonds. The monoisotopic (exact) mass is 398 g/mol. The molecule has 1 saturated heterocycles. The summed E-state index contributed by atoms with van der Waals surface area (Å²) in [6.07, 6.45) is 2.80. The molecule has 1 aliphatic heterocycles. The van der Waals surface area contributed by atoms with Gasteiger partial charge in [-0.15, -0.1) is 11.3 Å². The van der Waals surface area contributed by atoms with Crippen molar-refractivity contribution in [3.05, 3.63) is 52.3 Å². The van der Waals surface area contributed by atoms with Crippen LogP contribution in [-0.4, -0.2) is 60.6 Å². The number of hydrogen-bond donors (Lipinski definition) is 2. The molecule has 0 radical (unpaired) electrons. The largest absolute Gasteiger partial charge is 0.497 e. The number of H-pyrrole nitrogens is 1. The molecule has 0 spiro atoms.